The van der Waals surface area contributed by atoms with E-state index in [0.717, 1.165) is 45.0 Å². The summed E-state index contributed by atoms with van der Waals surface area (Å²) >= 11 is 3.61. The number of aliphatic carboxylic acids is 1. The second-order valence-electron chi connectivity index (χ2n) is 8.30. The van der Waals surface area contributed by atoms with E-state index in [1.807, 2.05) is 12.3 Å². The van der Waals surface area contributed by atoms with Crippen molar-refractivity contribution in [3.63, 3.8) is 0 Å². The van der Waals surface area contributed by atoms with Gasteiger partial charge >= 0.3 is 5.97 Å². The summed E-state index contributed by atoms with van der Waals surface area (Å²) in [6.07, 6.45) is 6.47. The van der Waals surface area contributed by atoms with Gasteiger partial charge in [-0.3, -0.25) is 9.78 Å². The maximum atomic E-state index is 11.3. The van der Waals surface area contributed by atoms with Gasteiger partial charge in [0.1, 0.15) is 5.82 Å². The summed E-state index contributed by atoms with van der Waals surface area (Å²) < 4.78 is 2.38. The van der Waals surface area contributed by atoms with Crippen LogP contribution in [-0.2, 0) is 4.79 Å². The molecule has 5 rings (SSSR count). The van der Waals surface area contributed by atoms with Crippen LogP contribution < -0.4 is 5.73 Å². The Kier molecular flexibility index (Phi) is 4.89. The molecule has 1 aromatic carbocycles. The van der Waals surface area contributed by atoms with Crippen molar-refractivity contribution in [3.8, 4) is 11.1 Å². The third-order valence-electron chi connectivity index (χ3n) is 6.26. The first-order valence-corrected chi connectivity index (χ1v) is 11.1. The van der Waals surface area contributed by atoms with E-state index in [9.17, 15) is 9.90 Å². The molecule has 158 valence electrons. The Labute approximate surface area is 187 Å². The minimum absolute atomic E-state index is 0.164. The van der Waals surface area contributed by atoms with Crippen molar-refractivity contribution in [1.29, 1.82) is 0 Å². The predicted molar refractivity (Wildman–Crippen MR) is 123 cm³/mol. The number of hydrogen-bond donors (Lipinski definition) is 2. The van der Waals surface area contributed by atoms with E-state index in [1.165, 1.54) is 5.56 Å². The zero-order valence-electron chi connectivity index (χ0n) is 17.0. The monoisotopic (exact) mass is 479 g/mol. The van der Waals surface area contributed by atoms with Crippen molar-refractivity contribution in [2.45, 2.75) is 38.5 Å². The smallest absolute Gasteiger partial charge is 0.306 e. The fourth-order valence-corrected chi connectivity index (χ4v) is 5.08. The van der Waals surface area contributed by atoms with Gasteiger partial charge in [0, 0.05) is 28.6 Å². The van der Waals surface area contributed by atoms with Crippen LogP contribution >= 0.6 is 15.9 Å². The zero-order valence-corrected chi connectivity index (χ0v) is 18.6. The Hall–Kier alpha value is -3.00. The number of rotatable bonds is 3. The summed E-state index contributed by atoms with van der Waals surface area (Å²) in [5.41, 5.74) is 11.9. The first kappa shape index (κ1) is 19.9. The molecule has 8 heteroatoms. The van der Waals surface area contributed by atoms with E-state index in [4.69, 9.17) is 10.7 Å². The van der Waals surface area contributed by atoms with Crippen LogP contribution in [0.2, 0.25) is 0 Å². The third kappa shape index (κ3) is 3.44. The second kappa shape index (κ2) is 7.60. The lowest BCUT2D eigenvalue weighted by Gasteiger charge is -2.26. The molecule has 1 aliphatic rings. The van der Waals surface area contributed by atoms with Gasteiger partial charge in [-0.05, 0) is 66.7 Å². The van der Waals surface area contributed by atoms with E-state index in [2.05, 4.69) is 51.1 Å². The fraction of sp³-hybridized carbons (Fsp3) is 0.304. The molecule has 4 aromatic rings. The van der Waals surface area contributed by atoms with Crippen molar-refractivity contribution in [2.75, 3.05) is 5.73 Å². The average molecular weight is 480 g/mol. The molecule has 1 fully saturated rings. The Morgan fingerprint density at radius 1 is 1.19 bits per heavy atom. The zero-order chi connectivity index (χ0) is 21.7. The molecule has 0 aliphatic heterocycles. The summed E-state index contributed by atoms with van der Waals surface area (Å²) in [5.74, 6) is -0.320. The molecular formula is C23H22BrN5O2. The Morgan fingerprint density at radius 3 is 2.71 bits per heavy atom. The topological polar surface area (TPSA) is 106 Å². The normalized spacial score (nSPS) is 19.2. The molecule has 0 bridgehead atoms. The quantitative estimate of drug-likeness (QED) is 0.430. The highest BCUT2D eigenvalue weighted by molar-refractivity contribution is 9.10. The van der Waals surface area contributed by atoms with Gasteiger partial charge in [-0.15, -0.1) is 0 Å². The largest absolute Gasteiger partial charge is 0.481 e. The number of aromatic nitrogens is 4. The van der Waals surface area contributed by atoms with Crippen molar-refractivity contribution in [1.82, 2.24) is 19.6 Å². The molecule has 3 N–H and O–H groups in total. The number of nitrogen functional groups attached to an aromatic ring is 1. The first-order chi connectivity index (χ1) is 14.9. The van der Waals surface area contributed by atoms with Crippen molar-refractivity contribution < 1.29 is 9.90 Å². The van der Waals surface area contributed by atoms with Gasteiger partial charge in [0.25, 0.3) is 0 Å². The molecule has 0 saturated heterocycles. The number of halogens is 1. The number of carboxylic acid groups (broad SMARTS) is 1. The second-order valence-corrected chi connectivity index (χ2v) is 9.09. The Morgan fingerprint density at radius 2 is 1.97 bits per heavy atom. The first-order valence-electron chi connectivity index (χ1n) is 10.3. The lowest BCUT2D eigenvalue weighted by molar-refractivity contribution is -0.142. The number of benzene rings is 1. The molecule has 1 aliphatic carbocycles. The van der Waals surface area contributed by atoms with Crippen LogP contribution in [0.1, 0.15) is 42.9 Å². The molecule has 3 heterocycles. The summed E-state index contributed by atoms with van der Waals surface area (Å²) in [4.78, 5) is 20.9. The minimum Gasteiger partial charge on any atom is -0.481 e. The molecule has 0 radical (unpaired) electrons. The summed E-state index contributed by atoms with van der Waals surface area (Å²) in [6, 6.07) is 8.28. The molecule has 0 amide bonds. The van der Waals surface area contributed by atoms with E-state index in [1.54, 1.807) is 10.7 Å². The highest BCUT2D eigenvalue weighted by Crippen LogP contribution is 2.40. The third-order valence-corrected chi connectivity index (χ3v) is 7.07. The Balaban J connectivity index is 1.59. The molecule has 0 unspecified atom stereocenters. The number of anilines is 1. The van der Waals surface area contributed by atoms with Crippen molar-refractivity contribution in [2.24, 2.45) is 5.92 Å². The maximum Gasteiger partial charge on any atom is 0.306 e. The molecule has 3 aromatic heterocycles. The maximum absolute atomic E-state index is 11.3. The number of hydrogen-bond acceptors (Lipinski definition) is 5. The van der Waals surface area contributed by atoms with Crippen LogP contribution in [0.5, 0.6) is 0 Å². The van der Waals surface area contributed by atoms with Gasteiger partial charge in [-0.25, -0.2) is 4.98 Å². The number of carbonyl (C=O) groups is 1. The average Bonchev–Trinajstić information content (AvgIpc) is 3.20. The van der Waals surface area contributed by atoms with E-state index in [0.29, 0.717) is 24.3 Å². The van der Waals surface area contributed by atoms with Gasteiger partial charge in [0.2, 0.25) is 0 Å². The number of pyridine rings is 1. The van der Waals surface area contributed by atoms with Crippen molar-refractivity contribution >= 4 is 44.3 Å². The van der Waals surface area contributed by atoms with Gasteiger partial charge in [-0.2, -0.15) is 9.61 Å². The lowest BCUT2D eigenvalue weighted by atomic mass is 9.80. The molecule has 31 heavy (non-hydrogen) atoms. The van der Waals surface area contributed by atoms with Gasteiger partial charge in [-0.1, -0.05) is 11.6 Å². The van der Waals surface area contributed by atoms with Crippen LogP contribution in [0.15, 0.2) is 41.1 Å². The van der Waals surface area contributed by atoms with E-state index in [-0.39, 0.29) is 11.8 Å². The number of carboxylic acids is 1. The number of nitrogens with zero attached hydrogens (tertiary/aromatic N) is 4. The van der Waals surface area contributed by atoms with Crippen LogP contribution in [0.3, 0.4) is 0 Å². The fourth-order valence-electron chi connectivity index (χ4n) is 4.50. The lowest BCUT2D eigenvalue weighted by Crippen LogP contribution is -2.21. The van der Waals surface area contributed by atoms with Crippen LogP contribution in [0.25, 0.3) is 27.7 Å². The highest BCUT2D eigenvalue weighted by atomic mass is 79.9. The number of nitrogens with two attached hydrogens (primary N) is 1. The molecule has 1 saturated carbocycles. The van der Waals surface area contributed by atoms with Crippen LogP contribution in [0, 0.1) is 12.8 Å². The van der Waals surface area contributed by atoms with E-state index < -0.39 is 5.97 Å². The summed E-state index contributed by atoms with van der Waals surface area (Å²) in [7, 11) is 0. The standard InChI is InChI=1S/C23H22BrN5O2/c1-12-2-7-18-15(8-12)9-16(10-26-18)17-11-27-29-21(25)19(24)20(28-22(17)29)13-3-5-14(6-4-13)23(30)31/h2,7-11,13-14H,3-6,25H2,1H3,(H,30,31)/t13-,14-. The summed E-state index contributed by atoms with van der Waals surface area (Å²) in [5, 5.41) is 14.8. The number of fused-ring (bicyclic) bond motifs is 2. The van der Waals surface area contributed by atoms with Gasteiger partial charge in [0.15, 0.2) is 5.65 Å². The SMILES string of the molecule is Cc1ccc2ncc(-c3cnn4c(N)c(Br)c([C@H]5CC[C@H](C(=O)O)CC5)nc34)cc2c1. The van der Waals surface area contributed by atoms with Gasteiger partial charge in [0.05, 0.1) is 27.8 Å². The van der Waals surface area contributed by atoms with Gasteiger partial charge < -0.3 is 10.8 Å². The summed E-state index contributed by atoms with van der Waals surface area (Å²) in [6.45, 7) is 2.06. The Bertz CT molecular complexity index is 1320. The number of aryl methyl sites for hydroxylation is 1. The minimum atomic E-state index is -0.711. The van der Waals surface area contributed by atoms with Crippen molar-refractivity contribution in [3.05, 3.63) is 52.4 Å². The highest BCUT2D eigenvalue weighted by Gasteiger charge is 2.30. The molecular weight excluding hydrogens is 458 g/mol. The molecule has 7 nitrogen and oxygen atoms in total. The van der Waals surface area contributed by atoms with E-state index >= 15 is 0 Å². The molecule has 0 atom stereocenters. The van der Waals surface area contributed by atoms with Crippen LogP contribution in [-0.4, -0.2) is 30.7 Å². The predicted octanol–water partition coefficient (Wildman–Crippen LogP) is 4.96. The molecule has 0 spiro atoms. The van der Waals surface area contributed by atoms with Crippen LogP contribution in [0.4, 0.5) is 5.82 Å².